The zero-order valence-electron chi connectivity index (χ0n) is 13.0. The van der Waals surface area contributed by atoms with Crippen LogP contribution in [0.1, 0.15) is 38.5 Å². The number of carboxylic acids is 1. The zero-order chi connectivity index (χ0) is 16.0. The topological polar surface area (TPSA) is 90.0 Å². The maximum Gasteiger partial charge on any atom is 0.320 e. The molecule has 0 aliphatic heterocycles. The van der Waals surface area contributed by atoms with E-state index in [9.17, 15) is 14.4 Å². The zero-order valence-corrected chi connectivity index (χ0v) is 13.0. The molecule has 0 radical (unpaired) electrons. The van der Waals surface area contributed by atoms with E-state index < -0.39 is 11.5 Å². The third kappa shape index (κ3) is 4.34. The molecule has 0 aromatic carbocycles. The molecule has 0 saturated heterocycles. The summed E-state index contributed by atoms with van der Waals surface area (Å²) in [5.41, 5.74) is -0.641. The smallest absolute Gasteiger partial charge is 0.320 e. The second kappa shape index (κ2) is 7.28. The van der Waals surface area contributed by atoms with Crippen LogP contribution >= 0.6 is 0 Å². The Morgan fingerprint density at radius 3 is 2.19 bits per heavy atom. The van der Waals surface area contributed by atoms with Crippen LogP contribution in [0.5, 0.6) is 0 Å². The van der Waals surface area contributed by atoms with Gasteiger partial charge in [0.1, 0.15) is 6.54 Å². The number of likely N-dealkylation sites (N-methyl/N-ethyl adjacent to an activating group) is 2. The molecule has 0 bridgehead atoms. The van der Waals surface area contributed by atoms with E-state index in [0.717, 1.165) is 19.3 Å². The number of aliphatic carboxylic acids is 1. The minimum Gasteiger partial charge on any atom is -0.481 e. The molecule has 0 heterocycles. The molecule has 1 fully saturated rings. The van der Waals surface area contributed by atoms with Crippen molar-refractivity contribution in [1.82, 2.24) is 15.1 Å². The highest BCUT2D eigenvalue weighted by molar-refractivity contribution is 5.84. The van der Waals surface area contributed by atoms with Crippen LogP contribution in [0, 0.1) is 0 Å². The van der Waals surface area contributed by atoms with Crippen molar-refractivity contribution in [2.24, 2.45) is 0 Å². The number of carboxylic acid groups (broad SMARTS) is 1. The van der Waals surface area contributed by atoms with Crippen LogP contribution in [-0.4, -0.2) is 66.0 Å². The second-order valence-electron chi connectivity index (χ2n) is 5.73. The third-order valence-electron chi connectivity index (χ3n) is 4.25. The van der Waals surface area contributed by atoms with Gasteiger partial charge in [-0.1, -0.05) is 19.3 Å². The lowest BCUT2D eigenvalue weighted by Crippen LogP contribution is -2.56. The Labute approximate surface area is 125 Å². The van der Waals surface area contributed by atoms with Crippen molar-refractivity contribution in [1.29, 1.82) is 0 Å². The van der Waals surface area contributed by atoms with Crippen LogP contribution < -0.4 is 5.32 Å². The average molecular weight is 299 g/mol. The number of amides is 3. The van der Waals surface area contributed by atoms with Gasteiger partial charge in [0, 0.05) is 21.1 Å². The largest absolute Gasteiger partial charge is 0.481 e. The summed E-state index contributed by atoms with van der Waals surface area (Å²) < 4.78 is 0. The van der Waals surface area contributed by atoms with E-state index in [0.29, 0.717) is 12.8 Å². The first-order valence-electron chi connectivity index (χ1n) is 7.24. The van der Waals surface area contributed by atoms with Crippen molar-refractivity contribution in [2.75, 3.05) is 27.7 Å². The molecule has 120 valence electrons. The van der Waals surface area contributed by atoms with Crippen molar-refractivity contribution in [2.45, 2.75) is 44.1 Å². The Balaban J connectivity index is 2.84. The normalized spacial score (nSPS) is 16.9. The number of nitrogens with one attached hydrogen (secondary N) is 1. The summed E-state index contributed by atoms with van der Waals surface area (Å²) in [4.78, 5) is 37.8. The molecule has 21 heavy (non-hydrogen) atoms. The highest BCUT2D eigenvalue weighted by Crippen LogP contribution is 2.36. The Morgan fingerprint density at radius 2 is 1.71 bits per heavy atom. The van der Waals surface area contributed by atoms with Gasteiger partial charge in [0.2, 0.25) is 5.91 Å². The SMILES string of the molecule is CNC(=O)CN(C)C(=O)N(C)C1(CC(=O)O)CCCCC1. The van der Waals surface area contributed by atoms with Gasteiger partial charge in [0.05, 0.1) is 12.0 Å². The molecule has 0 aromatic rings. The highest BCUT2D eigenvalue weighted by atomic mass is 16.4. The summed E-state index contributed by atoms with van der Waals surface area (Å²) in [5.74, 6) is -1.15. The quantitative estimate of drug-likeness (QED) is 0.789. The van der Waals surface area contributed by atoms with E-state index in [-0.39, 0.29) is 24.9 Å². The van der Waals surface area contributed by atoms with Gasteiger partial charge in [-0.2, -0.15) is 0 Å². The number of nitrogens with zero attached hydrogens (tertiary/aromatic N) is 2. The number of rotatable bonds is 5. The van der Waals surface area contributed by atoms with Gasteiger partial charge < -0.3 is 20.2 Å². The molecule has 7 nitrogen and oxygen atoms in total. The van der Waals surface area contributed by atoms with Crippen LogP contribution in [-0.2, 0) is 9.59 Å². The average Bonchev–Trinajstić information content (AvgIpc) is 2.45. The second-order valence-corrected chi connectivity index (χ2v) is 5.73. The van der Waals surface area contributed by atoms with Crippen molar-refractivity contribution in [3.05, 3.63) is 0 Å². The van der Waals surface area contributed by atoms with Crippen LogP contribution in [0.25, 0.3) is 0 Å². The Kier molecular flexibility index (Phi) is 5.99. The molecule has 1 aliphatic carbocycles. The minimum atomic E-state index is -0.898. The molecule has 0 atom stereocenters. The molecule has 7 heteroatoms. The molecule has 3 amide bonds. The maximum atomic E-state index is 12.5. The summed E-state index contributed by atoms with van der Waals surface area (Å²) in [6, 6.07) is -0.318. The summed E-state index contributed by atoms with van der Waals surface area (Å²) in [6.45, 7) is -0.0389. The summed E-state index contributed by atoms with van der Waals surface area (Å²) in [6.07, 6.45) is 4.24. The lowest BCUT2D eigenvalue weighted by atomic mass is 9.78. The summed E-state index contributed by atoms with van der Waals surface area (Å²) >= 11 is 0. The Bertz CT molecular complexity index is 405. The van der Waals surface area contributed by atoms with E-state index in [2.05, 4.69) is 5.32 Å². The van der Waals surface area contributed by atoms with E-state index >= 15 is 0 Å². The van der Waals surface area contributed by atoms with Crippen LogP contribution in [0.4, 0.5) is 4.79 Å². The standard InChI is InChI=1S/C14H25N3O4/c1-15-11(18)10-16(2)13(21)17(3)14(9-12(19)20)7-5-4-6-8-14/h4-10H2,1-3H3,(H,15,18)(H,19,20). The maximum absolute atomic E-state index is 12.5. The van der Waals surface area contributed by atoms with Gasteiger partial charge in [-0.25, -0.2) is 4.79 Å². The first-order chi connectivity index (χ1) is 9.82. The lowest BCUT2D eigenvalue weighted by Gasteiger charge is -2.44. The Morgan fingerprint density at radius 1 is 1.14 bits per heavy atom. The molecule has 0 spiro atoms. The fourth-order valence-corrected chi connectivity index (χ4v) is 2.94. The number of urea groups is 1. The fraction of sp³-hybridized carbons (Fsp3) is 0.786. The molecular formula is C14H25N3O4. The van der Waals surface area contributed by atoms with Crippen molar-refractivity contribution < 1.29 is 19.5 Å². The first kappa shape index (κ1) is 17.3. The fourth-order valence-electron chi connectivity index (χ4n) is 2.94. The first-order valence-corrected chi connectivity index (χ1v) is 7.24. The van der Waals surface area contributed by atoms with E-state index in [1.807, 2.05) is 0 Å². The lowest BCUT2D eigenvalue weighted by molar-refractivity contribution is -0.140. The van der Waals surface area contributed by atoms with Crippen molar-refractivity contribution in [3.63, 3.8) is 0 Å². The number of carbonyl (C=O) groups excluding carboxylic acids is 2. The minimum absolute atomic E-state index is 0.0389. The predicted octanol–water partition coefficient (Wildman–Crippen LogP) is 0.894. The molecule has 1 saturated carbocycles. The van der Waals surface area contributed by atoms with Gasteiger partial charge in [-0.15, -0.1) is 0 Å². The van der Waals surface area contributed by atoms with Crippen LogP contribution in [0.15, 0.2) is 0 Å². The summed E-state index contributed by atoms with van der Waals surface area (Å²) in [5, 5.41) is 11.6. The molecule has 1 aliphatic rings. The van der Waals surface area contributed by atoms with Gasteiger partial charge >= 0.3 is 12.0 Å². The molecule has 2 N–H and O–H groups in total. The molecule has 0 unspecified atom stereocenters. The molecule has 1 rings (SSSR count). The van der Waals surface area contributed by atoms with E-state index in [4.69, 9.17) is 5.11 Å². The molecule has 0 aromatic heterocycles. The van der Waals surface area contributed by atoms with Gasteiger partial charge in [-0.05, 0) is 12.8 Å². The number of hydrogen-bond acceptors (Lipinski definition) is 3. The molecular weight excluding hydrogens is 274 g/mol. The number of hydrogen-bond donors (Lipinski definition) is 2. The summed E-state index contributed by atoms with van der Waals surface area (Å²) in [7, 11) is 4.69. The third-order valence-corrected chi connectivity index (χ3v) is 4.25. The van der Waals surface area contributed by atoms with E-state index in [1.54, 1.807) is 14.1 Å². The van der Waals surface area contributed by atoms with Crippen molar-refractivity contribution >= 4 is 17.9 Å². The van der Waals surface area contributed by atoms with Crippen LogP contribution in [0.3, 0.4) is 0 Å². The van der Waals surface area contributed by atoms with E-state index in [1.165, 1.54) is 16.8 Å². The van der Waals surface area contributed by atoms with Gasteiger partial charge in [0.25, 0.3) is 0 Å². The number of carbonyl (C=O) groups is 3. The van der Waals surface area contributed by atoms with Crippen molar-refractivity contribution in [3.8, 4) is 0 Å². The predicted molar refractivity (Wildman–Crippen MR) is 77.9 cm³/mol. The van der Waals surface area contributed by atoms with Gasteiger partial charge in [-0.3, -0.25) is 9.59 Å². The van der Waals surface area contributed by atoms with Gasteiger partial charge in [0.15, 0.2) is 0 Å². The monoisotopic (exact) mass is 299 g/mol. The highest BCUT2D eigenvalue weighted by Gasteiger charge is 2.41. The Hall–Kier alpha value is -1.79. The van der Waals surface area contributed by atoms with Crippen LogP contribution in [0.2, 0.25) is 0 Å².